The number of ether oxygens (including phenoxy) is 1. The smallest absolute Gasteiger partial charge is 0.408 e. The summed E-state index contributed by atoms with van der Waals surface area (Å²) in [7, 11) is 0. The zero-order valence-corrected chi connectivity index (χ0v) is 9.06. The van der Waals surface area contributed by atoms with Crippen molar-refractivity contribution in [2.45, 2.75) is 45.6 Å². The van der Waals surface area contributed by atoms with Gasteiger partial charge in [-0.1, -0.05) is 37.8 Å². The highest BCUT2D eigenvalue weighted by Gasteiger charge is 2.06. The Morgan fingerprint density at radius 3 is 2.77 bits per heavy atom. The van der Waals surface area contributed by atoms with Crippen LogP contribution in [-0.4, -0.2) is 18.2 Å². The molecule has 0 aliphatic rings. The van der Waals surface area contributed by atoms with Crippen LogP contribution in [0.2, 0.25) is 0 Å². The maximum absolute atomic E-state index is 10.9. The van der Waals surface area contributed by atoms with E-state index in [1.54, 1.807) is 0 Å². The van der Waals surface area contributed by atoms with Crippen LogP contribution in [0.5, 0.6) is 0 Å². The van der Waals surface area contributed by atoms with Gasteiger partial charge in [0.15, 0.2) is 6.07 Å². The Morgan fingerprint density at radius 1 is 1.54 bits per heavy atom. The molecule has 0 fully saturated rings. The van der Waals surface area contributed by atoms with Crippen molar-refractivity contribution in [1.82, 2.24) is 5.32 Å². The van der Waals surface area contributed by atoms with Crippen LogP contribution in [-0.2, 0) is 4.74 Å². The summed E-state index contributed by atoms with van der Waals surface area (Å²) in [6, 6.07) is 0.0790. The van der Waals surface area contributed by atoms with E-state index in [1.165, 1.54) is 12.8 Å². The van der Waals surface area contributed by atoms with Gasteiger partial charge in [-0.2, -0.15) is 0 Å². The van der Waals surface area contributed by atoms with Crippen molar-refractivity contribution < 1.29 is 9.53 Å². The third kappa shape index (κ3) is 7.91. The van der Waals surface area contributed by atoms with Crippen molar-refractivity contribution in [3.05, 3.63) is 0 Å². The predicted molar refractivity (Wildman–Crippen MR) is 53.9 cm³/mol. The molecule has 1 N–H and O–H groups in total. The monoisotopic (exact) mass is 207 g/mol. The van der Waals surface area contributed by atoms with Gasteiger partial charge in [-0.15, -0.1) is 0 Å². The molecule has 0 aromatic heterocycles. The van der Waals surface area contributed by atoms with Gasteiger partial charge in [0, 0.05) is 6.04 Å². The zero-order chi connectivity index (χ0) is 10.1. The van der Waals surface area contributed by atoms with Gasteiger partial charge in [0.05, 0.1) is 0 Å². The van der Waals surface area contributed by atoms with E-state index in [4.69, 9.17) is 11.6 Å². The van der Waals surface area contributed by atoms with Crippen LogP contribution in [0.4, 0.5) is 4.79 Å². The number of alkyl carbamates (subject to hydrolysis) is 1. The van der Waals surface area contributed by atoms with Crippen LogP contribution in [0.15, 0.2) is 0 Å². The summed E-state index contributed by atoms with van der Waals surface area (Å²) >= 11 is 5.22. The van der Waals surface area contributed by atoms with Gasteiger partial charge >= 0.3 is 6.09 Å². The highest BCUT2D eigenvalue weighted by Crippen LogP contribution is 2.02. The van der Waals surface area contributed by atoms with E-state index >= 15 is 0 Å². The summed E-state index contributed by atoms with van der Waals surface area (Å²) in [6.45, 7) is 4.12. The van der Waals surface area contributed by atoms with Gasteiger partial charge in [-0.3, -0.25) is 0 Å². The fourth-order valence-corrected chi connectivity index (χ4v) is 1.16. The first kappa shape index (κ1) is 12.6. The summed E-state index contributed by atoms with van der Waals surface area (Å²) in [5, 5.41) is 2.69. The standard InChI is InChI=1S/C9H18ClNO2/c1-3-4-5-6-8(2)11-9(12)13-7-10/h8H,3-7H2,1-2H3,(H,11,12). The topological polar surface area (TPSA) is 38.3 Å². The summed E-state index contributed by atoms with van der Waals surface area (Å²) in [6.07, 6.45) is 4.10. The average molecular weight is 208 g/mol. The molecule has 78 valence electrons. The molecular weight excluding hydrogens is 190 g/mol. The van der Waals surface area contributed by atoms with Crippen molar-refractivity contribution in [1.29, 1.82) is 0 Å². The van der Waals surface area contributed by atoms with E-state index in [-0.39, 0.29) is 12.1 Å². The van der Waals surface area contributed by atoms with Gasteiger partial charge < -0.3 is 10.1 Å². The molecule has 1 amide bonds. The largest absolute Gasteiger partial charge is 0.433 e. The molecule has 3 nitrogen and oxygen atoms in total. The highest BCUT2D eigenvalue weighted by molar-refractivity contribution is 6.17. The summed E-state index contributed by atoms with van der Waals surface area (Å²) in [4.78, 5) is 10.9. The Balaban J connectivity index is 3.38. The maximum atomic E-state index is 10.9. The molecular formula is C9H18ClNO2. The van der Waals surface area contributed by atoms with E-state index in [0.29, 0.717) is 0 Å². The molecule has 13 heavy (non-hydrogen) atoms. The normalized spacial score (nSPS) is 12.2. The second-order valence-corrected chi connectivity index (χ2v) is 3.30. The maximum Gasteiger partial charge on any atom is 0.408 e. The van der Waals surface area contributed by atoms with Crippen LogP contribution >= 0.6 is 11.6 Å². The van der Waals surface area contributed by atoms with Crippen molar-refractivity contribution in [3.63, 3.8) is 0 Å². The molecule has 0 aliphatic heterocycles. The molecule has 0 saturated carbocycles. The summed E-state index contributed by atoms with van der Waals surface area (Å²) < 4.78 is 4.53. The first-order valence-electron chi connectivity index (χ1n) is 4.70. The molecule has 0 rings (SSSR count). The average Bonchev–Trinajstić information content (AvgIpc) is 2.05. The van der Waals surface area contributed by atoms with Crippen LogP contribution in [0.1, 0.15) is 39.5 Å². The van der Waals surface area contributed by atoms with Gasteiger partial charge in [-0.05, 0) is 13.3 Å². The Kier molecular flexibility index (Phi) is 7.90. The third-order valence-electron chi connectivity index (χ3n) is 1.79. The molecule has 0 bridgehead atoms. The number of hydrogen-bond acceptors (Lipinski definition) is 2. The first-order chi connectivity index (χ1) is 6.20. The number of nitrogens with one attached hydrogen (secondary N) is 1. The fraction of sp³-hybridized carbons (Fsp3) is 0.889. The SMILES string of the molecule is CCCCCC(C)NC(=O)OCCl. The number of alkyl halides is 1. The van der Waals surface area contributed by atoms with Crippen molar-refractivity contribution in [3.8, 4) is 0 Å². The lowest BCUT2D eigenvalue weighted by Crippen LogP contribution is -2.32. The second kappa shape index (κ2) is 8.17. The number of carbonyl (C=O) groups is 1. The molecule has 0 spiro atoms. The molecule has 0 heterocycles. The molecule has 0 aromatic rings. The van der Waals surface area contributed by atoms with E-state index in [9.17, 15) is 4.79 Å². The van der Waals surface area contributed by atoms with Crippen molar-refractivity contribution in [2.24, 2.45) is 0 Å². The van der Waals surface area contributed by atoms with Gasteiger partial charge in [0.2, 0.25) is 0 Å². The zero-order valence-electron chi connectivity index (χ0n) is 8.31. The van der Waals surface area contributed by atoms with Crippen LogP contribution in [0.25, 0.3) is 0 Å². The van der Waals surface area contributed by atoms with Gasteiger partial charge in [-0.25, -0.2) is 4.79 Å². The number of halogens is 1. The van der Waals surface area contributed by atoms with Crippen LogP contribution in [0.3, 0.4) is 0 Å². The first-order valence-corrected chi connectivity index (χ1v) is 5.23. The number of hydrogen-bond donors (Lipinski definition) is 1. The minimum atomic E-state index is -0.431. The molecule has 4 heteroatoms. The second-order valence-electron chi connectivity index (χ2n) is 3.08. The molecule has 0 radical (unpaired) electrons. The Hall–Kier alpha value is -0.440. The molecule has 0 aromatic carbocycles. The third-order valence-corrected chi connectivity index (χ3v) is 1.90. The predicted octanol–water partition coefficient (Wildman–Crippen LogP) is 2.88. The van der Waals surface area contributed by atoms with E-state index in [0.717, 1.165) is 12.8 Å². The Bertz CT molecular complexity index is 142. The van der Waals surface area contributed by atoms with Crippen LogP contribution in [0, 0.1) is 0 Å². The number of amides is 1. The fourth-order valence-electron chi connectivity index (χ4n) is 1.07. The highest BCUT2D eigenvalue weighted by atomic mass is 35.5. The van der Waals surface area contributed by atoms with Crippen LogP contribution < -0.4 is 5.32 Å². The lowest BCUT2D eigenvalue weighted by molar-refractivity contribution is 0.160. The molecule has 0 saturated heterocycles. The quantitative estimate of drug-likeness (QED) is 0.537. The van der Waals surface area contributed by atoms with E-state index in [1.807, 2.05) is 6.92 Å². The van der Waals surface area contributed by atoms with Gasteiger partial charge in [0.25, 0.3) is 0 Å². The minimum absolute atomic E-state index is 0.0898. The molecule has 1 atom stereocenters. The summed E-state index contributed by atoms with van der Waals surface area (Å²) in [5.74, 6) is 0. The van der Waals surface area contributed by atoms with E-state index < -0.39 is 6.09 Å². The van der Waals surface area contributed by atoms with Crippen molar-refractivity contribution in [2.75, 3.05) is 6.07 Å². The Morgan fingerprint density at radius 2 is 2.23 bits per heavy atom. The van der Waals surface area contributed by atoms with Gasteiger partial charge in [0.1, 0.15) is 0 Å². The Labute approximate surface area is 84.8 Å². The molecule has 0 aliphatic carbocycles. The lowest BCUT2D eigenvalue weighted by Gasteiger charge is -2.12. The van der Waals surface area contributed by atoms with E-state index in [2.05, 4.69) is 17.0 Å². The number of carbonyl (C=O) groups excluding carboxylic acids is 1. The van der Waals surface area contributed by atoms with Crippen molar-refractivity contribution >= 4 is 17.7 Å². The minimum Gasteiger partial charge on any atom is -0.433 e. The summed E-state index contributed by atoms with van der Waals surface area (Å²) in [5.41, 5.74) is 0. The molecule has 1 unspecified atom stereocenters. The number of unbranched alkanes of at least 4 members (excludes halogenated alkanes) is 2. The lowest BCUT2D eigenvalue weighted by atomic mass is 10.1. The number of rotatable bonds is 6.